The molecule has 1 aromatic heterocycles. The molecule has 17 heavy (non-hydrogen) atoms. The van der Waals surface area contributed by atoms with Gasteiger partial charge in [-0.1, -0.05) is 18.2 Å². The molecule has 1 aromatic carbocycles. The highest BCUT2D eigenvalue weighted by atomic mass is 16.3. The van der Waals surface area contributed by atoms with Crippen LogP contribution in [0.5, 0.6) is 0 Å². The molecule has 4 heteroatoms. The summed E-state index contributed by atoms with van der Waals surface area (Å²) in [6.45, 7) is 2.49. The predicted octanol–water partition coefficient (Wildman–Crippen LogP) is 1.64. The largest absolute Gasteiger partial charge is 0.463 e. The van der Waals surface area contributed by atoms with Gasteiger partial charge in [0.1, 0.15) is 11.8 Å². The van der Waals surface area contributed by atoms with E-state index in [9.17, 15) is 9.90 Å². The van der Waals surface area contributed by atoms with E-state index in [0.717, 1.165) is 5.39 Å². The number of β-amino-alcohol motifs (C(OH)–C–C–N with tert-alkyl or cyclic N) is 1. The number of carbonyl (C=O) groups is 1. The van der Waals surface area contributed by atoms with Crippen LogP contribution in [0.2, 0.25) is 0 Å². The van der Waals surface area contributed by atoms with Gasteiger partial charge >= 0.3 is 0 Å². The Morgan fingerprint density at radius 1 is 1.41 bits per heavy atom. The summed E-state index contributed by atoms with van der Waals surface area (Å²) < 4.78 is 5.33. The lowest BCUT2D eigenvalue weighted by Crippen LogP contribution is -2.61. The van der Waals surface area contributed by atoms with Gasteiger partial charge in [-0.05, 0) is 13.0 Å². The molecule has 1 aliphatic heterocycles. The lowest BCUT2D eigenvalue weighted by molar-refractivity contribution is -0.0668. The Hall–Kier alpha value is -1.81. The number of hydrogen-bond donors (Lipinski definition) is 1. The first kappa shape index (κ1) is 10.4. The highest BCUT2D eigenvalue weighted by Gasteiger charge is 2.40. The molecule has 0 radical (unpaired) electrons. The Balaban J connectivity index is 1.92. The average molecular weight is 231 g/mol. The maximum atomic E-state index is 12.1. The first-order chi connectivity index (χ1) is 8.07. The minimum absolute atomic E-state index is 0.0820. The zero-order chi connectivity index (χ0) is 12.0. The lowest BCUT2D eigenvalue weighted by Gasteiger charge is -2.44. The van der Waals surface area contributed by atoms with E-state index in [-0.39, 0.29) is 5.91 Å². The van der Waals surface area contributed by atoms with Crippen molar-refractivity contribution in [1.82, 2.24) is 4.90 Å². The first-order valence-electron chi connectivity index (χ1n) is 5.55. The minimum atomic E-state index is -0.741. The number of para-hydroxylation sites is 1. The first-order valence-corrected chi connectivity index (χ1v) is 5.55. The number of hydrogen-bond acceptors (Lipinski definition) is 3. The molecule has 0 unspecified atom stereocenters. The minimum Gasteiger partial charge on any atom is -0.463 e. The van der Waals surface area contributed by atoms with Gasteiger partial charge < -0.3 is 14.4 Å². The molecule has 2 aromatic rings. The van der Waals surface area contributed by atoms with E-state index in [1.165, 1.54) is 6.26 Å². The van der Waals surface area contributed by atoms with Crippen LogP contribution in [0.1, 0.15) is 17.3 Å². The van der Waals surface area contributed by atoms with Gasteiger partial charge in [-0.15, -0.1) is 0 Å². The van der Waals surface area contributed by atoms with Gasteiger partial charge in [-0.2, -0.15) is 0 Å². The Labute approximate surface area is 98.4 Å². The van der Waals surface area contributed by atoms with Crippen LogP contribution in [0.3, 0.4) is 0 Å². The summed E-state index contributed by atoms with van der Waals surface area (Å²) in [5, 5.41) is 10.4. The number of amides is 1. The molecule has 1 N–H and O–H groups in total. The van der Waals surface area contributed by atoms with E-state index in [2.05, 4.69) is 0 Å². The van der Waals surface area contributed by atoms with E-state index in [1.54, 1.807) is 11.8 Å². The number of aliphatic hydroxyl groups is 1. The molecule has 3 rings (SSSR count). The van der Waals surface area contributed by atoms with Crippen LogP contribution in [-0.4, -0.2) is 34.6 Å². The summed E-state index contributed by atoms with van der Waals surface area (Å²) in [6, 6.07) is 7.44. The summed E-state index contributed by atoms with van der Waals surface area (Å²) >= 11 is 0. The van der Waals surface area contributed by atoms with Crippen LogP contribution in [0.25, 0.3) is 11.0 Å². The fourth-order valence-corrected chi connectivity index (χ4v) is 2.23. The van der Waals surface area contributed by atoms with Gasteiger partial charge in [0.25, 0.3) is 5.91 Å². The van der Waals surface area contributed by atoms with Gasteiger partial charge in [0.2, 0.25) is 0 Å². The molecular formula is C13H13NO3. The third-order valence-corrected chi connectivity index (χ3v) is 3.06. The number of carbonyl (C=O) groups excluding carboxylic acids is 1. The molecule has 4 nitrogen and oxygen atoms in total. The van der Waals surface area contributed by atoms with E-state index < -0.39 is 5.60 Å². The second-order valence-corrected chi connectivity index (χ2v) is 4.80. The SMILES string of the molecule is CC1(O)CN(C(=O)c2coc3ccccc23)C1. The summed E-state index contributed by atoms with van der Waals surface area (Å²) in [5.41, 5.74) is 0.536. The van der Waals surface area contributed by atoms with Gasteiger partial charge in [-0.25, -0.2) is 0 Å². The van der Waals surface area contributed by atoms with Crippen LogP contribution in [0.4, 0.5) is 0 Å². The van der Waals surface area contributed by atoms with Crippen molar-refractivity contribution in [3.63, 3.8) is 0 Å². The number of rotatable bonds is 1. The monoisotopic (exact) mass is 231 g/mol. The summed E-state index contributed by atoms with van der Waals surface area (Å²) in [4.78, 5) is 13.8. The molecule has 1 amide bonds. The zero-order valence-electron chi connectivity index (χ0n) is 9.51. The topological polar surface area (TPSA) is 53.7 Å². The number of nitrogens with zero attached hydrogens (tertiary/aromatic N) is 1. The fourth-order valence-electron chi connectivity index (χ4n) is 2.23. The molecule has 0 spiro atoms. The Morgan fingerprint density at radius 3 is 2.82 bits per heavy atom. The van der Waals surface area contributed by atoms with E-state index in [0.29, 0.717) is 24.2 Å². The van der Waals surface area contributed by atoms with Crippen molar-refractivity contribution in [1.29, 1.82) is 0 Å². The number of fused-ring (bicyclic) bond motifs is 1. The van der Waals surface area contributed by atoms with Crippen LogP contribution in [0.15, 0.2) is 34.9 Å². The molecule has 1 aliphatic rings. The van der Waals surface area contributed by atoms with Crippen molar-refractivity contribution in [3.8, 4) is 0 Å². The van der Waals surface area contributed by atoms with E-state index in [4.69, 9.17) is 4.42 Å². The Bertz CT molecular complexity index is 577. The average Bonchev–Trinajstić information content (AvgIpc) is 2.68. The standard InChI is InChI=1S/C13H13NO3/c1-13(16)7-14(8-13)12(15)10-6-17-11-5-3-2-4-9(10)11/h2-6,16H,7-8H2,1H3. The maximum absolute atomic E-state index is 12.1. The normalized spacial score (nSPS) is 18.1. The van der Waals surface area contributed by atoms with Crippen LogP contribution < -0.4 is 0 Å². The van der Waals surface area contributed by atoms with Gasteiger partial charge in [0.05, 0.1) is 24.3 Å². The molecule has 0 bridgehead atoms. The molecule has 1 saturated heterocycles. The predicted molar refractivity (Wildman–Crippen MR) is 62.7 cm³/mol. The molecule has 0 saturated carbocycles. The molecule has 1 fully saturated rings. The van der Waals surface area contributed by atoms with Crippen LogP contribution >= 0.6 is 0 Å². The second kappa shape index (κ2) is 3.34. The fraction of sp³-hybridized carbons (Fsp3) is 0.308. The third kappa shape index (κ3) is 1.61. The van der Waals surface area contributed by atoms with Crippen molar-refractivity contribution < 1.29 is 14.3 Å². The lowest BCUT2D eigenvalue weighted by atomic mass is 9.96. The Morgan fingerprint density at radius 2 is 2.12 bits per heavy atom. The highest BCUT2D eigenvalue weighted by Crippen LogP contribution is 2.26. The zero-order valence-corrected chi connectivity index (χ0v) is 9.51. The van der Waals surface area contributed by atoms with E-state index >= 15 is 0 Å². The molecule has 0 atom stereocenters. The molecular weight excluding hydrogens is 218 g/mol. The van der Waals surface area contributed by atoms with Gasteiger partial charge in [0, 0.05) is 5.39 Å². The van der Waals surface area contributed by atoms with Crippen molar-refractivity contribution in [2.24, 2.45) is 0 Å². The van der Waals surface area contributed by atoms with Crippen LogP contribution in [0, 0.1) is 0 Å². The molecule has 88 valence electrons. The summed E-state index contributed by atoms with van der Waals surface area (Å²) in [6.07, 6.45) is 1.49. The molecule has 0 aliphatic carbocycles. The smallest absolute Gasteiger partial charge is 0.257 e. The van der Waals surface area contributed by atoms with E-state index in [1.807, 2.05) is 24.3 Å². The van der Waals surface area contributed by atoms with Crippen molar-refractivity contribution in [3.05, 3.63) is 36.1 Å². The summed E-state index contributed by atoms with van der Waals surface area (Å²) in [5.74, 6) is -0.0820. The van der Waals surface area contributed by atoms with Crippen LogP contribution in [-0.2, 0) is 0 Å². The van der Waals surface area contributed by atoms with Crippen molar-refractivity contribution in [2.45, 2.75) is 12.5 Å². The molecule has 2 heterocycles. The number of likely N-dealkylation sites (tertiary alicyclic amines) is 1. The maximum Gasteiger partial charge on any atom is 0.257 e. The van der Waals surface area contributed by atoms with Gasteiger partial charge in [0.15, 0.2) is 0 Å². The quantitative estimate of drug-likeness (QED) is 0.811. The number of furan rings is 1. The van der Waals surface area contributed by atoms with Gasteiger partial charge in [-0.3, -0.25) is 4.79 Å². The van der Waals surface area contributed by atoms with Crippen molar-refractivity contribution in [2.75, 3.05) is 13.1 Å². The summed E-state index contributed by atoms with van der Waals surface area (Å²) in [7, 11) is 0. The third-order valence-electron chi connectivity index (χ3n) is 3.06. The Kier molecular flexibility index (Phi) is 2.03. The van der Waals surface area contributed by atoms with Crippen molar-refractivity contribution >= 4 is 16.9 Å². The second-order valence-electron chi connectivity index (χ2n) is 4.80. The highest BCUT2D eigenvalue weighted by molar-refractivity contribution is 6.06. The number of benzene rings is 1.